The summed E-state index contributed by atoms with van der Waals surface area (Å²) in [6.45, 7) is 3.39. The first-order chi connectivity index (χ1) is 6.00. The molecule has 74 valence electrons. The number of ether oxygens (including phenoxy) is 2. The summed E-state index contributed by atoms with van der Waals surface area (Å²) in [4.78, 5) is 22.5. The predicted molar refractivity (Wildman–Crippen MR) is 45.2 cm³/mol. The number of carbonyl (C=O) groups is 2. The standard InChI is InChI=1S/C9H14O4/c1-6(10)9(2)4-7(5-12-3)13-8(9)11/h7H,4-5H2,1-3H3. The van der Waals surface area contributed by atoms with Crippen molar-refractivity contribution in [2.75, 3.05) is 13.7 Å². The van der Waals surface area contributed by atoms with Crippen LogP contribution in [0.25, 0.3) is 0 Å². The molecule has 0 N–H and O–H groups in total. The lowest BCUT2D eigenvalue weighted by Gasteiger charge is -2.13. The van der Waals surface area contributed by atoms with Crippen molar-refractivity contribution in [1.29, 1.82) is 0 Å². The summed E-state index contributed by atoms with van der Waals surface area (Å²) in [5.41, 5.74) is -0.955. The topological polar surface area (TPSA) is 52.6 Å². The Bertz CT molecular complexity index is 236. The van der Waals surface area contributed by atoms with Gasteiger partial charge in [0, 0.05) is 13.5 Å². The van der Waals surface area contributed by atoms with E-state index < -0.39 is 11.4 Å². The van der Waals surface area contributed by atoms with Crippen molar-refractivity contribution in [2.24, 2.45) is 5.41 Å². The Balaban J connectivity index is 2.71. The second-order valence-corrected chi connectivity index (χ2v) is 3.58. The van der Waals surface area contributed by atoms with Gasteiger partial charge in [-0.15, -0.1) is 0 Å². The van der Waals surface area contributed by atoms with Gasteiger partial charge in [-0.05, 0) is 13.8 Å². The molecule has 0 spiro atoms. The summed E-state index contributed by atoms with van der Waals surface area (Å²) in [6, 6.07) is 0. The molecule has 0 aromatic rings. The van der Waals surface area contributed by atoms with E-state index in [1.807, 2.05) is 0 Å². The van der Waals surface area contributed by atoms with Crippen LogP contribution in [0.1, 0.15) is 20.3 Å². The van der Waals surface area contributed by atoms with Crippen LogP contribution < -0.4 is 0 Å². The Morgan fingerprint density at radius 2 is 2.38 bits per heavy atom. The van der Waals surface area contributed by atoms with E-state index in [0.717, 1.165) is 0 Å². The third kappa shape index (κ3) is 1.72. The van der Waals surface area contributed by atoms with Crippen molar-refractivity contribution in [2.45, 2.75) is 26.4 Å². The molecule has 1 fully saturated rings. The van der Waals surface area contributed by atoms with E-state index in [-0.39, 0.29) is 11.9 Å². The van der Waals surface area contributed by atoms with Gasteiger partial charge in [-0.2, -0.15) is 0 Å². The Morgan fingerprint density at radius 1 is 1.77 bits per heavy atom. The molecule has 2 unspecified atom stereocenters. The number of esters is 1. The second-order valence-electron chi connectivity index (χ2n) is 3.58. The minimum Gasteiger partial charge on any atom is -0.459 e. The van der Waals surface area contributed by atoms with Crippen LogP contribution in [0.2, 0.25) is 0 Å². The van der Waals surface area contributed by atoms with Crippen molar-refractivity contribution in [3.05, 3.63) is 0 Å². The van der Waals surface area contributed by atoms with E-state index in [2.05, 4.69) is 0 Å². The van der Waals surface area contributed by atoms with Gasteiger partial charge in [0.25, 0.3) is 0 Å². The van der Waals surface area contributed by atoms with Crippen LogP contribution in [-0.2, 0) is 19.1 Å². The van der Waals surface area contributed by atoms with Gasteiger partial charge in [-0.3, -0.25) is 9.59 Å². The normalized spacial score (nSPS) is 33.2. The molecule has 0 aliphatic carbocycles. The van der Waals surface area contributed by atoms with Crippen molar-refractivity contribution < 1.29 is 19.1 Å². The molecular weight excluding hydrogens is 172 g/mol. The molecule has 0 radical (unpaired) electrons. The maximum absolute atomic E-state index is 11.3. The zero-order valence-electron chi connectivity index (χ0n) is 8.12. The van der Waals surface area contributed by atoms with Gasteiger partial charge in [-0.1, -0.05) is 0 Å². The van der Waals surface area contributed by atoms with Gasteiger partial charge in [0.1, 0.15) is 17.3 Å². The third-order valence-electron chi connectivity index (χ3n) is 2.49. The zero-order valence-corrected chi connectivity index (χ0v) is 8.12. The van der Waals surface area contributed by atoms with Crippen LogP contribution in [0.3, 0.4) is 0 Å². The van der Waals surface area contributed by atoms with Crippen LogP contribution >= 0.6 is 0 Å². The van der Waals surface area contributed by atoms with E-state index in [9.17, 15) is 9.59 Å². The van der Waals surface area contributed by atoms with Crippen molar-refractivity contribution in [3.63, 3.8) is 0 Å². The molecule has 0 amide bonds. The van der Waals surface area contributed by atoms with Crippen LogP contribution in [-0.4, -0.2) is 31.6 Å². The molecule has 1 aliphatic rings. The second kappa shape index (κ2) is 3.46. The molecule has 0 aromatic carbocycles. The summed E-state index contributed by atoms with van der Waals surface area (Å²) in [5.74, 6) is -0.571. The molecule has 0 bridgehead atoms. The summed E-state index contributed by atoms with van der Waals surface area (Å²) in [6.07, 6.45) is 0.154. The fourth-order valence-electron chi connectivity index (χ4n) is 1.43. The van der Waals surface area contributed by atoms with Crippen LogP contribution in [0.15, 0.2) is 0 Å². The molecule has 0 saturated carbocycles. The smallest absolute Gasteiger partial charge is 0.319 e. The molecule has 1 heterocycles. The number of cyclic esters (lactones) is 1. The summed E-state index contributed by atoms with van der Waals surface area (Å²) in [7, 11) is 1.54. The van der Waals surface area contributed by atoms with E-state index in [0.29, 0.717) is 13.0 Å². The molecule has 13 heavy (non-hydrogen) atoms. The van der Waals surface area contributed by atoms with Gasteiger partial charge in [0.2, 0.25) is 0 Å². The lowest BCUT2D eigenvalue weighted by atomic mass is 9.83. The number of carbonyl (C=O) groups excluding carboxylic acids is 2. The fourth-order valence-corrected chi connectivity index (χ4v) is 1.43. The first-order valence-corrected chi connectivity index (χ1v) is 4.22. The van der Waals surface area contributed by atoms with Crippen molar-refractivity contribution in [3.8, 4) is 0 Å². The number of rotatable bonds is 3. The number of Topliss-reactive ketones (excluding diaryl/α,β-unsaturated/α-hetero) is 1. The lowest BCUT2D eigenvalue weighted by molar-refractivity contribution is -0.152. The highest BCUT2D eigenvalue weighted by atomic mass is 16.6. The Morgan fingerprint density at radius 3 is 2.77 bits per heavy atom. The summed E-state index contributed by atoms with van der Waals surface area (Å²) >= 11 is 0. The van der Waals surface area contributed by atoms with Crippen LogP contribution in [0.5, 0.6) is 0 Å². The number of ketones is 1. The molecule has 0 aromatic heterocycles. The third-order valence-corrected chi connectivity index (χ3v) is 2.49. The highest BCUT2D eigenvalue weighted by Crippen LogP contribution is 2.34. The summed E-state index contributed by atoms with van der Waals surface area (Å²) < 4.78 is 9.85. The molecule has 4 heteroatoms. The molecule has 2 atom stereocenters. The molecule has 1 aliphatic heterocycles. The van der Waals surface area contributed by atoms with Crippen LogP contribution in [0.4, 0.5) is 0 Å². The van der Waals surface area contributed by atoms with E-state index in [1.54, 1.807) is 6.92 Å². The number of methoxy groups -OCH3 is 1. The summed E-state index contributed by atoms with van der Waals surface area (Å²) in [5, 5.41) is 0. The Hall–Kier alpha value is -0.900. The highest BCUT2D eigenvalue weighted by Gasteiger charge is 2.48. The zero-order chi connectivity index (χ0) is 10.1. The van der Waals surface area contributed by atoms with Gasteiger partial charge in [0.15, 0.2) is 0 Å². The van der Waals surface area contributed by atoms with Gasteiger partial charge in [0.05, 0.1) is 6.61 Å². The maximum atomic E-state index is 11.3. The highest BCUT2D eigenvalue weighted by molar-refractivity contribution is 6.03. The first-order valence-electron chi connectivity index (χ1n) is 4.22. The van der Waals surface area contributed by atoms with E-state index in [4.69, 9.17) is 9.47 Å². The van der Waals surface area contributed by atoms with E-state index >= 15 is 0 Å². The molecule has 4 nitrogen and oxygen atoms in total. The van der Waals surface area contributed by atoms with Crippen LogP contribution in [0, 0.1) is 5.41 Å². The Labute approximate surface area is 77.2 Å². The quantitative estimate of drug-likeness (QED) is 0.477. The maximum Gasteiger partial charge on any atom is 0.319 e. The van der Waals surface area contributed by atoms with Gasteiger partial charge in [-0.25, -0.2) is 0 Å². The number of hydrogen-bond donors (Lipinski definition) is 0. The SMILES string of the molecule is COCC1CC(C)(C(C)=O)C(=O)O1. The lowest BCUT2D eigenvalue weighted by Crippen LogP contribution is -2.30. The largest absolute Gasteiger partial charge is 0.459 e. The number of hydrogen-bond acceptors (Lipinski definition) is 4. The molecule has 1 rings (SSSR count). The molecule has 1 saturated heterocycles. The fraction of sp³-hybridized carbons (Fsp3) is 0.778. The minimum atomic E-state index is -0.955. The average Bonchev–Trinajstić information content (AvgIpc) is 2.29. The average molecular weight is 186 g/mol. The van der Waals surface area contributed by atoms with Gasteiger partial charge < -0.3 is 9.47 Å². The minimum absolute atomic E-state index is 0.142. The predicted octanol–water partition coefficient (Wildman–Crippen LogP) is 0.544. The first kappa shape index (κ1) is 10.2. The van der Waals surface area contributed by atoms with E-state index in [1.165, 1.54) is 14.0 Å². The van der Waals surface area contributed by atoms with Gasteiger partial charge >= 0.3 is 5.97 Å². The molecular formula is C9H14O4. The Kier molecular flexibility index (Phi) is 2.71. The monoisotopic (exact) mass is 186 g/mol. The van der Waals surface area contributed by atoms with Crippen molar-refractivity contribution >= 4 is 11.8 Å². The van der Waals surface area contributed by atoms with Crippen molar-refractivity contribution in [1.82, 2.24) is 0 Å².